The van der Waals surface area contributed by atoms with E-state index in [2.05, 4.69) is 5.32 Å². The molecule has 0 saturated heterocycles. The third kappa shape index (κ3) is 4.72. The number of hydrogen-bond donors (Lipinski definition) is 1. The molecule has 0 aliphatic carbocycles. The van der Waals surface area contributed by atoms with Crippen LogP contribution in [0.25, 0.3) is 0 Å². The molecular formula is C14H22FNO2. The summed E-state index contributed by atoms with van der Waals surface area (Å²) < 4.78 is 23.6. The first-order valence-electron chi connectivity index (χ1n) is 6.19. The van der Waals surface area contributed by atoms with Gasteiger partial charge in [-0.05, 0) is 43.7 Å². The quantitative estimate of drug-likeness (QED) is 0.724. The van der Waals surface area contributed by atoms with Crippen molar-refractivity contribution in [1.29, 1.82) is 0 Å². The van der Waals surface area contributed by atoms with Crippen LogP contribution in [0.15, 0.2) is 18.2 Å². The van der Waals surface area contributed by atoms with Gasteiger partial charge >= 0.3 is 0 Å². The molecule has 1 N–H and O–H groups in total. The van der Waals surface area contributed by atoms with Crippen LogP contribution < -0.4 is 5.32 Å². The molecule has 1 aromatic rings. The summed E-state index contributed by atoms with van der Waals surface area (Å²) in [5, 5.41) is 3.20. The van der Waals surface area contributed by atoms with Gasteiger partial charge in [0.2, 0.25) is 0 Å². The van der Waals surface area contributed by atoms with E-state index in [-0.39, 0.29) is 11.9 Å². The monoisotopic (exact) mass is 255 g/mol. The molecule has 1 unspecified atom stereocenters. The highest BCUT2D eigenvalue weighted by molar-refractivity contribution is 5.29. The number of ether oxygens (including phenoxy) is 2. The van der Waals surface area contributed by atoms with Gasteiger partial charge in [0.15, 0.2) is 0 Å². The Morgan fingerprint density at radius 1 is 1.28 bits per heavy atom. The van der Waals surface area contributed by atoms with Gasteiger partial charge < -0.3 is 14.8 Å². The number of methoxy groups -OCH3 is 1. The number of hydrogen-bond acceptors (Lipinski definition) is 3. The summed E-state index contributed by atoms with van der Waals surface area (Å²) in [7, 11) is 3.53. The molecule has 0 radical (unpaired) electrons. The number of aryl methyl sites for hydroxylation is 1. The lowest BCUT2D eigenvalue weighted by molar-refractivity contribution is 0.0660. The van der Waals surface area contributed by atoms with Crippen LogP contribution in [0.2, 0.25) is 0 Å². The van der Waals surface area contributed by atoms with Gasteiger partial charge in [0, 0.05) is 19.8 Å². The van der Waals surface area contributed by atoms with E-state index < -0.39 is 0 Å². The first-order chi connectivity index (χ1) is 8.69. The van der Waals surface area contributed by atoms with E-state index in [0.29, 0.717) is 19.8 Å². The maximum absolute atomic E-state index is 13.3. The van der Waals surface area contributed by atoms with E-state index in [4.69, 9.17) is 9.47 Å². The molecule has 0 amide bonds. The maximum atomic E-state index is 13.3. The topological polar surface area (TPSA) is 30.5 Å². The van der Waals surface area contributed by atoms with Gasteiger partial charge in [0.1, 0.15) is 5.82 Å². The fourth-order valence-corrected chi connectivity index (χ4v) is 1.89. The Morgan fingerprint density at radius 2 is 2.06 bits per heavy atom. The molecule has 3 nitrogen and oxygen atoms in total. The molecule has 0 heterocycles. The lowest BCUT2D eigenvalue weighted by Gasteiger charge is -2.19. The summed E-state index contributed by atoms with van der Waals surface area (Å²) in [4.78, 5) is 0. The van der Waals surface area contributed by atoms with Crippen LogP contribution in [-0.2, 0) is 9.47 Å². The molecule has 0 aromatic heterocycles. The molecule has 18 heavy (non-hydrogen) atoms. The van der Waals surface area contributed by atoms with Crippen LogP contribution in [0.5, 0.6) is 0 Å². The van der Waals surface area contributed by atoms with Crippen molar-refractivity contribution in [2.75, 3.05) is 34.0 Å². The fourth-order valence-electron chi connectivity index (χ4n) is 1.89. The highest BCUT2D eigenvalue weighted by atomic mass is 19.1. The highest BCUT2D eigenvalue weighted by Crippen LogP contribution is 2.21. The van der Waals surface area contributed by atoms with Crippen molar-refractivity contribution in [2.24, 2.45) is 0 Å². The van der Waals surface area contributed by atoms with Crippen molar-refractivity contribution in [2.45, 2.75) is 19.4 Å². The van der Waals surface area contributed by atoms with E-state index in [1.807, 2.05) is 14.0 Å². The Balaban J connectivity index is 2.52. The minimum absolute atomic E-state index is 0.114. The standard InChI is InChI=1S/C14H22FNO2/c1-11-4-5-12(15)10-13(11)14(16-2)6-7-18-9-8-17-3/h4-5,10,14,16H,6-9H2,1-3H3. The zero-order valence-electron chi connectivity index (χ0n) is 11.3. The van der Waals surface area contributed by atoms with Gasteiger partial charge in [-0.15, -0.1) is 0 Å². The lowest BCUT2D eigenvalue weighted by atomic mass is 9.99. The summed E-state index contributed by atoms with van der Waals surface area (Å²) in [5.41, 5.74) is 2.08. The minimum Gasteiger partial charge on any atom is -0.382 e. The average Bonchev–Trinajstić information content (AvgIpc) is 2.37. The second-order valence-electron chi connectivity index (χ2n) is 4.24. The number of rotatable bonds is 8. The third-order valence-corrected chi connectivity index (χ3v) is 2.95. The van der Waals surface area contributed by atoms with Crippen molar-refractivity contribution >= 4 is 0 Å². The molecule has 0 aliphatic rings. The lowest BCUT2D eigenvalue weighted by Crippen LogP contribution is -2.20. The molecule has 0 bridgehead atoms. The second-order valence-corrected chi connectivity index (χ2v) is 4.24. The second kappa shape index (κ2) is 8.19. The minimum atomic E-state index is -0.198. The maximum Gasteiger partial charge on any atom is 0.123 e. The van der Waals surface area contributed by atoms with Gasteiger partial charge in [-0.3, -0.25) is 0 Å². The predicted octanol–water partition coefficient (Wildman–Crippen LogP) is 2.45. The zero-order chi connectivity index (χ0) is 13.4. The summed E-state index contributed by atoms with van der Waals surface area (Å²) in [5.74, 6) is -0.198. The molecule has 1 atom stereocenters. The van der Waals surface area contributed by atoms with Crippen molar-refractivity contribution in [3.8, 4) is 0 Å². The molecular weight excluding hydrogens is 233 g/mol. The molecule has 0 aliphatic heterocycles. The van der Waals surface area contributed by atoms with Gasteiger partial charge in [0.25, 0.3) is 0 Å². The van der Waals surface area contributed by atoms with Crippen molar-refractivity contribution < 1.29 is 13.9 Å². The predicted molar refractivity (Wildman–Crippen MR) is 70.2 cm³/mol. The van der Waals surface area contributed by atoms with Crippen LogP contribution in [-0.4, -0.2) is 34.0 Å². The van der Waals surface area contributed by atoms with E-state index in [9.17, 15) is 4.39 Å². The van der Waals surface area contributed by atoms with Crippen molar-refractivity contribution in [1.82, 2.24) is 5.32 Å². The van der Waals surface area contributed by atoms with Gasteiger partial charge in [-0.25, -0.2) is 4.39 Å². The Bertz CT molecular complexity index is 358. The Kier molecular flexibility index (Phi) is 6.86. The van der Waals surface area contributed by atoms with Crippen LogP contribution in [0, 0.1) is 12.7 Å². The van der Waals surface area contributed by atoms with Crippen LogP contribution in [0.1, 0.15) is 23.6 Å². The van der Waals surface area contributed by atoms with Crippen molar-refractivity contribution in [3.63, 3.8) is 0 Å². The van der Waals surface area contributed by atoms with Gasteiger partial charge in [-0.2, -0.15) is 0 Å². The van der Waals surface area contributed by atoms with Gasteiger partial charge in [-0.1, -0.05) is 6.07 Å². The largest absolute Gasteiger partial charge is 0.382 e. The van der Waals surface area contributed by atoms with E-state index in [1.165, 1.54) is 6.07 Å². The Morgan fingerprint density at radius 3 is 2.72 bits per heavy atom. The van der Waals surface area contributed by atoms with Crippen LogP contribution >= 0.6 is 0 Å². The summed E-state index contributed by atoms with van der Waals surface area (Å²) >= 11 is 0. The molecule has 0 saturated carbocycles. The molecule has 4 heteroatoms. The van der Waals surface area contributed by atoms with Gasteiger partial charge in [0.05, 0.1) is 13.2 Å². The zero-order valence-corrected chi connectivity index (χ0v) is 11.3. The summed E-state index contributed by atoms with van der Waals surface area (Å²) in [6.45, 7) is 3.81. The molecule has 1 aromatic carbocycles. The van der Waals surface area contributed by atoms with Crippen molar-refractivity contribution in [3.05, 3.63) is 35.1 Å². The fraction of sp³-hybridized carbons (Fsp3) is 0.571. The molecule has 0 spiro atoms. The smallest absolute Gasteiger partial charge is 0.123 e. The SMILES string of the molecule is CNC(CCOCCOC)c1cc(F)ccc1C. The van der Waals surface area contributed by atoms with E-state index in [1.54, 1.807) is 19.2 Å². The third-order valence-electron chi connectivity index (χ3n) is 2.95. The average molecular weight is 255 g/mol. The highest BCUT2D eigenvalue weighted by Gasteiger charge is 2.12. The molecule has 102 valence electrons. The van der Waals surface area contributed by atoms with Crippen LogP contribution in [0.4, 0.5) is 4.39 Å². The Labute approximate surface area is 108 Å². The molecule has 0 fully saturated rings. The summed E-state index contributed by atoms with van der Waals surface area (Å²) in [6.07, 6.45) is 0.810. The number of benzene rings is 1. The van der Waals surface area contributed by atoms with E-state index >= 15 is 0 Å². The normalized spacial score (nSPS) is 12.7. The first kappa shape index (κ1) is 15.1. The first-order valence-corrected chi connectivity index (χ1v) is 6.19. The summed E-state index contributed by atoms with van der Waals surface area (Å²) in [6, 6.07) is 5.00. The Hall–Kier alpha value is -0.970. The number of nitrogens with one attached hydrogen (secondary N) is 1. The van der Waals surface area contributed by atoms with E-state index in [0.717, 1.165) is 17.5 Å². The molecule has 1 rings (SSSR count). The van der Waals surface area contributed by atoms with Crippen LogP contribution in [0.3, 0.4) is 0 Å². The number of halogens is 1.